The average molecular weight is 263 g/mol. The fourth-order valence-corrected chi connectivity index (χ4v) is 1.76. The Morgan fingerprint density at radius 2 is 1.79 bits per heavy atom. The third kappa shape index (κ3) is 2.70. The molecule has 19 heavy (non-hydrogen) atoms. The SMILES string of the molecule is CCNc1nc(C)c(C)nc1-c1ccc(F)cc1F. The van der Waals surface area contributed by atoms with Crippen LogP contribution in [-0.4, -0.2) is 16.5 Å². The van der Waals surface area contributed by atoms with Gasteiger partial charge >= 0.3 is 0 Å². The van der Waals surface area contributed by atoms with Gasteiger partial charge in [-0.15, -0.1) is 0 Å². The fourth-order valence-electron chi connectivity index (χ4n) is 1.76. The lowest BCUT2D eigenvalue weighted by Gasteiger charge is -2.12. The first-order chi connectivity index (χ1) is 9.02. The minimum absolute atomic E-state index is 0.243. The van der Waals surface area contributed by atoms with Gasteiger partial charge in [-0.2, -0.15) is 0 Å². The molecule has 0 aliphatic rings. The van der Waals surface area contributed by atoms with E-state index in [1.54, 1.807) is 0 Å². The normalized spacial score (nSPS) is 10.6. The zero-order chi connectivity index (χ0) is 14.0. The molecule has 1 aromatic heterocycles. The van der Waals surface area contributed by atoms with E-state index in [4.69, 9.17) is 0 Å². The Morgan fingerprint density at radius 3 is 2.42 bits per heavy atom. The van der Waals surface area contributed by atoms with Crippen LogP contribution in [-0.2, 0) is 0 Å². The summed E-state index contributed by atoms with van der Waals surface area (Å²) in [5, 5.41) is 3.05. The fraction of sp³-hybridized carbons (Fsp3) is 0.286. The van der Waals surface area contributed by atoms with Crippen LogP contribution in [0, 0.1) is 25.5 Å². The molecule has 0 atom stereocenters. The molecule has 0 unspecified atom stereocenters. The number of halogens is 2. The molecule has 1 N–H and O–H groups in total. The van der Waals surface area contributed by atoms with Gasteiger partial charge in [0.15, 0.2) is 5.82 Å². The van der Waals surface area contributed by atoms with E-state index in [0.29, 0.717) is 18.1 Å². The standard InChI is InChI=1S/C14H15F2N3/c1-4-17-14-13(18-8(2)9(3)19-14)11-6-5-10(15)7-12(11)16/h5-7H,4H2,1-3H3,(H,17,19). The van der Waals surface area contributed by atoms with E-state index in [9.17, 15) is 8.78 Å². The third-order valence-electron chi connectivity index (χ3n) is 2.84. The van der Waals surface area contributed by atoms with Crippen molar-refractivity contribution in [1.82, 2.24) is 9.97 Å². The van der Waals surface area contributed by atoms with E-state index in [2.05, 4.69) is 15.3 Å². The van der Waals surface area contributed by atoms with Crippen molar-refractivity contribution in [3.8, 4) is 11.3 Å². The number of nitrogens with one attached hydrogen (secondary N) is 1. The monoisotopic (exact) mass is 263 g/mol. The maximum absolute atomic E-state index is 13.9. The number of nitrogens with zero attached hydrogens (tertiary/aromatic N) is 2. The van der Waals surface area contributed by atoms with Gasteiger partial charge in [0.25, 0.3) is 0 Å². The maximum atomic E-state index is 13.9. The Hall–Kier alpha value is -2.04. The molecule has 0 aliphatic heterocycles. The average Bonchev–Trinajstić information content (AvgIpc) is 2.34. The Balaban J connectivity index is 2.62. The Morgan fingerprint density at radius 1 is 1.11 bits per heavy atom. The molecule has 2 rings (SSSR count). The molecule has 0 spiro atoms. The first-order valence-electron chi connectivity index (χ1n) is 6.07. The summed E-state index contributed by atoms with van der Waals surface area (Å²) in [5.74, 6) is -0.740. The largest absolute Gasteiger partial charge is 0.369 e. The first kappa shape index (κ1) is 13.4. The van der Waals surface area contributed by atoms with Crippen LogP contribution < -0.4 is 5.32 Å². The molecule has 0 aliphatic carbocycles. The van der Waals surface area contributed by atoms with Crippen LogP contribution in [0.25, 0.3) is 11.3 Å². The summed E-state index contributed by atoms with van der Waals surface area (Å²) in [6.45, 7) is 6.21. The molecule has 0 fully saturated rings. The van der Waals surface area contributed by atoms with E-state index in [-0.39, 0.29) is 5.56 Å². The summed E-state index contributed by atoms with van der Waals surface area (Å²) in [4.78, 5) is 8.73. The highest BCUT2D eigenvalue weighted by Crippen LogP contribution is 2.28. The summed E-state index contributed by atoms with van der Waals surface area (Å²) in [7, 11) is 0. The van der Waals surface area contributed by atoms with Gasteiger partial charge < -0.3 is 5.32 Å². The molecule has 0 saturated heterocycles. The molecule has 0 amide bonds. The minimum atomic E-state index is -0.642. The van der Waals surface area contributed by atoms with Gasteiger partial charge in [-0.25, -0.2) is 18.7 Å². The molecule has 1 aromatic carbocycles. The van der Waals surface area contributed by atoms with Crippen molar-refractivity contribution in [2.45, 2.75) is 20.8 Å². The second-order valence-electron chi connectivity index (χ2n) is 4.25. The molecule has 0 bridgehead atoms. The van der Waals surface area contributed by atoms with Crippen LogP contribution in [0.5, 0.6) is 0 Å². The minimum Gasteiger partial charge on any atom is -0.369 e. The number of anilines is 1. The lowest BCUT2D eigenvalue weighted by atomic mass is 10.1. The summed E-state index contributed by atoms with van der Waals surface area (Å²) >= 11 is 0. The van der Waals surface area contributed by atoms with Crippen LogP contribution >= 0.6 is 0 Å². The van der Waals surface area contributed by atoms with Gasteiger partial charge in [-0.1, -0.05) is 0 Å². The molecular weight excluding hydrogens is 248 g/mol. The number of aromatic nitrogens is 2. The van der Waals surface area contributed by atoms with E-state index < -0.39 is 11.6 Å². The molecule has 5 heteroatoms. The van der Waals surface area contributed by atoms with Crippen LogP contribution in [0.15, 0.2) is 18.2 Å². The molecule has 1 heterocycles. The molecule has 2 aromatic rings. The van der Waals surface area contributed by atoms with Crippen molar-refractivity contribution in [1.29, 1.82) is 0 Å². The molecular formula is C14H15F2N3. The smallest absolute Gasteiger partial charge is 0.153 e. The predicted octanol–water partition coefficient (Wildman–Crippen LogP) is 3.47. The molecule has 3 nitrogen and oxygen atoms in total. The Labute approximate surface area is 110 Å². The third-order valence-corrected chi connectivity index (χ3v) is 2.84. The highest BCUT2D eigenvalue weighted by Gasteiger charge is 2.15. The zero-order valence-electron chi connectivity index (χ0n) is 11.1. The van der Waals surface area contributed by atoms with Gasteiger partial charge in [-0.3, -0.25) is 0 Å². The molecule has 100 valence electrons. The van der Waals surface area contributed by atoms with E-state index >= 15 is 0 Å². The Kier molecular flexibility index (Phi) is 3.74. The van der Waals surface area contributed by atoms with E-state index in [1.807, 2.05) is 20.8 Å². The maximum Gasteiger partial charge on any atom is 0.153 e. The van der Waals surface area contributed by atoms with Crippen molar-refractivity contribution < 1.29 is 8.78 Å². The van der Waals surface area contributed by atoms with Gasteiger partial charge in [0.1, 0.15) is 17.3 Å². The van der Waals surface area contributed by atoms with Crippen LogP contribution in [0.3, 0.4) is 0 Å². The van der Waals surface area contributed by atoms with Crippen molar-refractivity contribution in [2.24, 2.45) is 0 Å². The van der Waals surface area contributed by atoms with Crippen LogP contribution in [0.4, 0.5) is 14.6 Å². The van der Waals surface area contributed by atoms with Gasteiger partial charge in [0.05, 0.1) is 11.4 Å². The predicted molar refractivity (Wildman–Crippen MR) is 71.0 cm³/mol. The summed E-state index contributed by atoms with van der Waals surface area (Å²) in [6, 6.07) is 3.44. The molecule has 0 radical (unpaired) electrons. The second kappa shape index (κ2) is 5.30. The highest BCUT2D eigenvalue weighted by molar-refractivity contribution is 5.72. The van der Waals surface area contributed by atoms with Crippen molar-refractivity contribution in [3.63, 3.8) is 0 Å². The quantitative estimate of drug-likeness (QED) is 0.921. The number of rotatable bonds is 3. The molecule has 0 saturated carbocycles. The van der Waals surface area contributed by atoms with E-state index in [0.717, 1.165) is 17.5 Å². The lowest BCUT2D eigenvalue weighted by Crippen LogP contribution is -2.07. The summed E-state index contributed by atoms with van der Waals surface area (Å²) in [5.41, 5.74) is 2.15. The topological polar surface area (TPSA) is 37.8 Å². The first-order valence-corrected chi connectivity index (χ1v) is 6.07. The number of hydrogen-bond acceptors (Lipinski definition) is 3. The van der Waals surface area contributed by atoms with Crippen LogP contribution in [0.2, 0.25) is 0 Å². The second-order valence-corrected chi connectivity index (χ2v) is 4.25. The van der Waals surface area contributed by atoms with Crippen molar-refractivity contribution in [3.05, 3.63) is 41.2 Å². The summed E-state index contributed by atoms with van der Waals surface area (Å²) in [6.07, 6.45) is 0. The summed E-state index contributed by atoms with van der Waals surface area (Å²) < 4.78 is 26.8. The number of aryl methyl sites for hydroxylation is 2. The van der Waals surface area contributed by atoms with Crippen molar-refractivity contribution in [2.75, 3.05) is 11.9 Å². The van der Waals surface area contributed by atoms with E-state index in [1.165, 1.54) is 12.1 Å². The van der Waals surface area contributed by atoms with Gasteiger partial charge in [0, 0.05) is 18.2 Å². The zero-order valence-corrected chi connectivity index (χ0v) is 11.1. The van der Waals surface area contributed by atoms with Gasteiger partial charge in [0.2, 0.25) is 0 Å². The number of hydrogen-bond donors (Lipinski definition) is 1. The van der Waals surface area contributed by atoms with Gasteiger partial charge in [-0.05, 0) is 32.9 Å². The Bertz CT molecular complexity index is 612. The lowest BCUT2D eigenvalue weighted by molar-refractivity contribution is 0.585. The highest BCUT2D eigenvalue weighted by atomic mass is 19.1. The van der Waals surface area contributed by atoms with Crippen LogP contribution in [0.1, 0.15) is 18.3 Å². The number of benzene rings is 1. The van der Waals surface area contributed by atoms with Crippen molar-refractivity contribution >= 4 is 5.82 Å².